The number of halogens is 4. The fraction of sp³-hybridized carbons (Fsp3) is 0.462. The molecule has 0 aliphatic rings. The summed E-state index contributed by atoms with van der Waals surface area (Å²) >= 11 is 5.56. The van der Waals surface area contributed by atoms with Crippen LogP contribution in [0.3, 0.4) is 0 Å². The minimum Gasteiger partial charge on any atom is -0.325 e. The molecule has 0 saturated heterocycles. The molecule has 1 aromatic carbocycles. The number of carbonyl (C=O) groups excluding carboxylic acids is 1. The van der Waals surface area contributed by atoms with Gasteiger partial charge in [-0.2, -0.15) is 13.2 Å². The van der Waals surface area contributed by atoms with E-state index in [1.165, 1.54) is 6.07 Å². The Kier molecular flexibility index (Phi) is 5.83. The molecular formula is C13H16ClF3N2O. The quantitative estimate of drug-likeness (QED) is 0.871. The molecule has 0 fully saturated rings. The summed E-state index contributed by atoms with van der Waals surface area (Å²) in [5.41, 5.74) is -1.23. The maximum absolute atomic E-state index is 12.8. The standard InChI is InChI=1S/C13H16ClF3N2O/c1-8(2)18-6-5-12(20)19-11-4-3-9(14)7-10(11)13(15,16)17/h3-4,7-8,18H,5-6H2,1-2H3,(H,19,20). The van der Waals surface area contributed by atoms with Crippen LogP contribution in [0.25, 0.3) is 0 Å². The summed E-state index contributed by atoms with van der Waals surface area (Å²) in [7, 11) is 0. The van der Waals surface area contributed by atoms with Gasteiger partial charge in [0.15, 0.2) is 0 Å². The van der Waals surface area contributed by atoms with Crippen LogP contribution in [0, 0.1) is 0 Å². The first-order valence-electron chi connectivity index (χ1n) is 6.10. The summed E-state index contributed by atoms with van der Waals surface area (Å²) in [4.78, 5) is 11.6. The molecule has 0 aromatic heterocycles. The zero-order chi connectivity index (χ0) is 15.3. The summed E-state index contributed by atoms with van der Waals surface area (Å²) in [6.07, 6.45) is -4.47. The molecule has 112 valence electrons. The molecule has 1 amide bonds. The van der Waals surface area contributed by atoms with Crippen molar-refractivity contribution in [2.75, 3.05) is 11.9 Å². The molecule has 0 atom stereocenters. The Labute approximate surface area is 120 Å². The van der Waals surface area contributed by atoms with Crippen molar-refractivity contribution in [2.24, 2.45) is 0 Å². The van der Waals surface area contributed by atoms with Gasteiger partial charge in [0.2, 0.25) is 5.91 Å². The van der Waals surface area contributed by atoms with Crippen LogP contribution in [0.5, 0.6) is 0 Å². The second kappa shape index (κ2) is 6.95. The molecule has 0 bridgehead atoms. The number of hydrogen-bond donors (Lipinski definition) is 2. The average Bonchev–Trinajstić information content (AvgIpc) is 2.29. The van der Waals surface area contributed by atoms with Gasteiger partial charge in [-0.05, 0) is 18.2 Å². The number of nitrogens with one attached hydrogen (secondary N) is 2. The topological polar surface area (TPSA) is 41.1 Å². The van der Waals surface area contributed by atoms with Gasteiger partial charge in [0.05, 0.1) is 11.3 Å². The molecule has 1 rings (SSSR count). The number of benzene rings is 1. The second-order valence-electron chi connectivity index (χ2n) is 4.59. The molecule has 0 aliphatic carbocycles. The van der Waals surface area contributed by atoms with Gasteiger partial charge in [0, 0.05) is 24.0 Å². The molecule has 2 N–H and O–H groups in total. The maximum Gasteiger partial charge on any atom is 0.418 e. The lowest BCUT2D eigenvalue weighted by atomic mass is 10.1. The number of carbonyl (C=O) groups is 1. The second-order valence-corrected chi connectivity index (χ2v) is 5.03. The molecule has 7 heteroatoms. The predicted molar refractivity (Wildman–Crippen MR) is 72.8 cm³/mol. The molecule has 3 nitrogen and oxygen atoms in total. The van der Waals surface area contributed by atoms with E-state index < -0.39 is 17.6 Å². The fourth-order valence-electron chi connectivity index (χ4n) is 1.55. The van der Waals surface area contributed by atoms with Crippen LogP contribution in [-0.2, 0) is 11.0 Å². The van der Waals surface area contributed by atoms with E-state index in [2.05, 4.69) is 10.6 Å². The molecule has 0 spiro atoms. The van der Waals surface area contributed by atoms with E-state index in [9.17, 15) is 18.0 Å². The third-order valence-electron chi connectivity index (χ3n) is 2.47. The molecule has 0 unspecified atom stereocenters. The lowest BCUT2D eigenvalue weighted by Crippen LogP contribution is -2.27. The Morgan fingerprint density at radius 3 is 2.55 bits per heavy atom. The Morgan fingerprint density at radius 1 is 1.35 bits per heavy atom. The smallest absolute Gasteiger partial charge is 0.325 e. The Bertz CT molecular complexity index is 475. The van der Waals surface area contributed by atoms with E-state index in [0.29, 0.717) is 6.54 Å². The Hall–Kier alpha value is -1.27. The normalized spacial score (nSPS) is 11.8. The van der Waals surface area contributed by atoms with Crippen LogP contribution in [0.1, 0.15) is 25.8 Å². The Morgan fingerprint density at radius 2 is 2.00 bits per heavy atom. The van der Waals surface area contributed by atoms with Gasteiger partial charge in [0.1, 0.15) is 0 Å². The van der Waals surface area contributed by atoms with E-state index in [1.807, 2.05) is 13.8 Å². The van der Waals surface area contributed by atoms with Crippen molar-refractivity contribution < 1.29 is 18.0 Å². The van der Waals surface area contributed by atoms with Crippen LogP contribution in [0.15, 0.2) is 18.2 Å². The minimum atomic E-state index is -4.57. The highest BCUT2D eigenvalue weighted by Gasteiger charge is 2.34. The third-order valence-corrected chi connectivity index (χ3v) is 2.70. The highest BCUT2D eigenvalue weighted by molar-refractivity contribution is 6.30. The van der Waals surface area contributed by atoms with Crippen LogP contribution >= 0.6 is 11.6 Å². The van der Waals surface area contributed by atoms with Crippen LogP contribution in [-0.4, -0.2) is 18.5 Å². The van der Waals surface area contributed by atoms with Gasteiger partial charge < -0.3 is 10.6 Å². The van der Waals surface area contributed by atoms with Crippen LogP contribution in [0.2, 0.25) is 5.02 Å². The maximum atomic E-state index is 12.8. The summed E-state index contributed by atoms with van der Waals surface area (Å²) in [5.74, 6) is -0.481. The van der Waals surface area contributed by atoms with Gasteiger partial charge >= 0.3 is 6.18 Å². The van der Waals surface area contributed by atoms with E-state index in [-0.39, 0.29) is 23.2 Å². The third kappa shape index (κ3) is 5.38. The lowest BCUT2D eigenvalue weighted by molar-refractivity contribution is -0.137. The predicted octanol–water partition coefficient (Wildman–Crippen LogP) is 3.69. The monoisotopic (exact) mass is 308 g/mol. The van der Waals surface area contributed by atoms with E-state index in [4.69, 9.17) is 11.6 Å². The molecule has 20 heavy (non-hydrogen) atoms. The molecule has 0 aliphatic heterocycles. The lowest BCUT2D eigenvalue weighted by Gasteiger charge is -2.14. The fourth-order valence-corrected chi connectivity index (χ4v) is 1.72. The van der Waals surface area contributed by atoms with E-state index in [1.54, 1.807) is 0 Å². The summed E-state index contributed by atoms with van der Waals surface area (Å²) in [6.45, 7) is 4.23. The largest absolute Gasteiger partial charge is 0.418 e. The summed E-state index contributed by atoms with van der Waals surface area (Å²) in [5, 5.41) is 5.24. The van der Waals surface area contributed by atoms with Crippen molar-refractivity contribution in [1.29, 1.82) is 0 Å². The first-order valence-corrected chi connectivity index (χ1v) is 6.48. The van der Waals surface area contributed by atoms with Gasteiger partial charge in [-0.1, -0.05) is 25.4 Å². The molecular weight excluding hydrogens is 293 g/mol. The summed E-state index contributed by atoms with van der Waals surface area (Å²) < 4.78 is 38.4. The number of anilines is 1. The number of alkyl halides is 3. The van der Waals surface area contributed by atoms with Gasteiger partial charge in [-0.3, -0.25) is 4.79 Å². The zero-order valence-corrected chi connectivity index (χ0v) is 11.9. The van der Waals surface area contributed by atoms with Crippen molar-refractivity contribution in [2.45, 2.75) is 32.5 Å². The van der Waals surface area contributed by atoms with Crippen molar-refractivity contribution in [3.05, 3.63) is 28.8 Å². The van der Waals surface area contributed by atoms with Crippen molar-refractivity contribution in [3.8, 4) is 0 Å². The van der Waals surface area contributed by atoms with Gasteiger partial charge in [-0.15, -0.1) is 0 Å². The number of rotatable bonds is 5. The molecule has 0 radical (unpaired) electrons. The first kappa shape index (κ1) is 16.8. The van der Waals surface area contributed by atoms with Crippen molar-refractivity contribution in [1.82, 2.24) is 5.32 Å². The SMILES string of the molecule is CC(C)NCCC(=O)Nc1ccc(Cl)cc1C(F)(F)F. The van der Waals surface area contributed by atoms with E-state index in [0.717, 1.165) is 12.1 Å². The molecule has 0 saturated carbocycles. The minimum absolute atomic E-state index is 0.0307. The first-order chi connectivity index (χ1) is 9.20. The van der Waals surface area contributed by atoms with Gasteiger partial charge in [-0.25, -0.2) is 0 Å². The number of hydrogen-bond acceptors (Lipinski definition) is 2. The van der Waals surface area contributed by atoms with E-state index >= 15 is 0 Å². The molecule has 0 heterocycles. The van der Waals surface area contributed by atoms with Crippen molar-refractivity contribution >= 4 is 23.2 Å². The van der Waals surface area contributed by atoms with Crippen molar-refractivity contribution in [3.63, 3.8) is 0 Å². The average molecular weight is 309 g/mol. The molecule has 1 aromatic rings. The highest BCUT2D eigenvalue weighted by atomic mass is 35.5. The van der Waals surface area contributed by atoms with Gasteiger partial charge in [0.25, 0.3) is 0 Å². The highest BCUT2D eigenvalue weighted by Crippen LogP contribution is 2.36. The summed E-state index contributed by atoms with van der Waals surface area (Å²) in [6, 6.07) is 3.46. The Balaban J connectivity index is 2.75. The number of amides is 1. The van der Waals surface area contributed by atoms with Crippen LogP contribution < -0.4 is 10.6 Å². The zero-order valence-electron chi connectivity index (χ0n) is 11.1. The van der Waals surface area contributed by atoms with Crippen LogP contribution in [0.4, 0.5) is 18.9 Å².